The number of nitrogens with one attached hydrogen (secondary N) is 2. The fraction of sp³-hybridized carbons (Fsp3) is 0.176. The normalized spacial score (nSPS) is 13.6. The smallest absolute Gasteiger partial charge is 0.255 e. The maximum Gasteiger partial charge on any atom is 0.255 e. The van der Waals surface area contributed by atoms with Gasteiger partial charge in [0.15, 0.2) is 0 Å². The number of hydrogen-bond acceptors (Lipinski definition) is 4. The van der Waals surface area contributed by atoms with Gasteiger partial charge < -0.3 is 19.8 Å². The highest BCUT2D eigenvalue weighted by atomic mass is 16.5. The number of furan rings is 1. The summed E-state index contributed by atoms with van der Waals surface area (Å²) in [5.74, 6) is 0.967. The maximum atomic E-state index is 13.4. The molecule has 1 aromatic heterocycles. The third-order valence-corrected chi connectivity index (χ3v) is 7.64. The van der Waals surface area contributed by atoms with E-state index in [-0.39, 0.29) is 17.4 Å². The highest BCUT2D eigenvalue weighted by Gasteiger charge is 2.46. The van der Waals surface area contributed by atoms with Crippen molar-refractivity contribution >= 4 is 22.8 Å². The Bertz CT molecular complexity index is 1750. The van der Waals surface area contributed by atoms with Gasteiger partial charge in [-0.25, -0.2) is 0 Å². The summed E-state index contributed by atoms with van der Waals surface area (Å²) in [5.41, 5.74) is 6.10. The van der Waals surface area contributed by atoms with Gasteiger partial charge in [0.05, 0.1) is 18.2 Å². The fourth-order valence-corrected chi connectivity index (χ4v) is 5.20. The van der Waals surface area contributed by atoms with Gasteiger partial charge in [0.1, 0.15) is 17.1 Å². The molecule has 1 fully saturated rings. The summed E-state index contributed by atoms with van der Waals surface area (Å²) in [4.78, 5) is 26.4. The molecule has 6 heteroatoms. The third kappa shape index (κ3) is 4.62. The zero-order valence-corrected chi connectivity index (χ0v) is 22.7. The Hall–Kier alpha value is -4.84. The van der Waals surface area contributed by atoms with Crippen molar-refractivity contribution in [2.24, 2.45) is 0 Å². The van der Waals surface area contributed by atoms with Crippen LogP contribution in [-0.4, -0.2) is 26.0 Å². The Labute approximate surface area is 233 Å². The molecule has 0 bridgehead atoms. The molecule has 0 unspecified atom stereocenters. The molecule has 200 valence electrons. The molecule has 6 rings (SSSR count). The van der Waals surface area contributed by atoms with E-state index in [1.165, 1.54) is 0 Å². The van der Waals surface area contributed by atoms with E-state index in [9.17, 15) is 9.59 Å². The van der Waals surface area contributed by atoms with E-state index in [4.69, 9.17) is 9.15 Å². The van der Waals surface area contributed by atoms with Crippen LogP contribution in [0.5, 0.6) is 5.75 Å². The second-order valence-corrected chi connectivity index (χ2v) is 10.3. The van der Waals surface area contributed by atoms with E-state index in [1.807, 2.05) is 97.9 Å². The minimum atomic E-state index is -0.369. The number of ether oxygens (including phenoxy) is 1. The molecule has 6 nitrogen and oxygen atoms in total. The first-order valence-electron chi connectivity index (χ1n) is 13.3. The summed E-state index contributed by atoms with van der Waals surface area (Å²) in [6, 6.07) is 29.1. The number of methoxy groups -OCH3 is 1. The van der Waals surface area contributed by atoms with E-state index in [0.717, 1.165) is 51.8 Å². The average Bonchev–Trinajstić information content (AvgIpc) is 3.68. The number of benzene rings is 4. The van der Waals surface area contributed by atoms with Gasteiger partial charge in [-0.1, -0.05) is 60.2 Å². The number of carbonyl (C=O) groups is 2. The lowest BCUT2D eigenvalue weighted by Crippen LogP contribution is -2.34. The van der Waals surface area contributed by atoms with Gasteiger partial charge in [-0.15, -0.1) is 0 Å². The molecule has 0 aliphatic heterocycles. The number of amides is 2. The van der Waals surface area contributed by atoms with Crippen LogP contribution in [0.4, 0.5) is 0 Å². The van der Waals surface area contributed by atoms with Crippen LogP contribution in [0.3, 0.4) is 0 Å². The molecule has 40 heavy (non-hydrogen) atoms. The van der Waals surface area contributed by atoms with Crippen molar-refractivity contribution in [3.63, 3.8) is 0 Å². The number of fused-ring (bicyclic) bond motifs is 1. The Morgan fingerprint density at radius 1 is 0.825 bits per heavy atom. The molecule has 1 aliphatic carbocycles. The number of aryl methyl sites for hydroxylation is 1. The fourth-order valence-electron chi connectivity index (χ4n) is 5.20. The van der Waals surface area contributed by atoms with Crippen LogP contribution in [0.2, 0.25) is 0 Å². The van der Waals surface area contributed by atoms with E-state index in [1.54, 1.807) is 14.2 Å². The average molecular weight is 531 g/mol. The largest absolute Gasteiger partial charge is 0.497 e. The van der Waals surface area contributed by atoms with Gasteiger partial charge in [0, 0.05) is 23.6 Å². The molecule has 0 spiro atoms. The zero-order chi connectivity index (χ0) is 27.9. The second kappa shape index (κ2) is 10.0. The van der Waals surface area contributed by atoms with E-state index in [2.05, 4.69) is 10.6 Å². The van der Waals surface area contributed by atoms with Crippen molar-refractivity contribution in [1.82, 2.24) is 10.6 Å². The Kier molecular flexibility index (Phi) is 6.39. The van der Waals surface area contributed by atoms with Crippen LogP contribution < -0.4 is 15.4 Å². The summed E-state index contributed by atoms with van der Waals surface area (Å²) in [7, 11) is 3.26. The minimum absolute atomic E-state index is 0.126. The van der Waals surface area contributed by atoms with Crippen LogP contribution in [0.25, 0.3) is 33.4 Å². The molecule has 0 saturated heterocycles. The Morgan fingerprint density at radius 2 is 1.55 bits per heavy atom. The summed E-state index contributed by atoms with van der Waals surface area (Å²) < 4.78 is 11.6. The highest BCUT2D eigenvalue weighted by molar-refractivity contribution is 6.12. The van der Waals surface area contributed by atoms with Gasteiger partial charge in [-0.2, -0.15) is 0 Å². The number of hydrogen-bond donors (Lipinski definition) is 2. The summed E-state index contributed by atoms with van der Waals surface area (Å²) in [5, 5.41) is 6.73. The SMILES string of the molecule is CNC(=O)c1c(-c2ccc(C)cc2)oc2ccc(-c3cccc(C(=O)NC4(c5cccc(OC)c5)CC4)c3)cc12. The van der Waals surface area contributed by atoms with Crippen molar-refractivity contribution in [2.45, 2.75) is 25.3 Å². The lowest BCUT2D eigenvalue weighted by atomic mass is 9.98. The van der Waals surface area contributed by atoms with Crippen molar-refractivity contribution in [2.75, 3.05) is 14.2 Å². The van der Waals surface area contributed by atoms with E-state index in [0.29, 0.717) is 22.5 Å². The lowest BCUT2D eigenvalue weighted by molar-refractivity contribution is 0.0929. The molecule has 2 N–H and O–H groups in total. The first-order valence-corrected chi connectivity index (χ1v) is 13.3. The quantitative estimate of drug-likeness (QED) is 0.241. The van der Waals surface area contributed by atoms with Crippen molar-refractivity contribution in [1.29, 1.82) is 0 Å². The standard InChI is InChI=1S/C34H30N2O4/c1-21-10-12-22(13-11-21)31-30(33(38)35-2)28-19-24(14-15-29(28)40-31)23-6-4-7-25(18-23)32(37)36-34(16-17-34)26-8-5-9-27(20-26)39-3/h4-15,18-20H,16-17H2,1-3H3,(H,35,38)(H,36,37). The van der Waals surface area contributed by atoms with Crippen molar-refractivity contribution < 1.29 is 18.7 Å². The first-order chi connectivity index (χ1) is 19.4. The van der Waals surface area contributed by atoms with E-state index >= 15 is 0 Å². The van der Waals surface area contributed by atoms with Crippen LogP contribution in [-0.2, 0) is 5.54 Å². The predicted octanol–water partition coefficient (Wildman–Crippen LogP) is 6.86. The van der Waals surface area contributed by atoms with Gasteiger partial charge in [-0.3, -0.25) is 9.59 Å². The lowest BCUT2D eigenvalue weighted by Gasteiger charge is -2.19. The van der Waals surface area contributed by atoms with Crippen LogP contribution in [0.15, 0.2) is 95.4 Å². The minimum Gasteiger partial charge on any atom is -0.497 e. The first kappa shape index (κ1) is 25.4. The van der Waals surface area contributed by atoms with Crippen molar-refractivity contribution in [3.05, 3.63) is 113 Å². The molecule has 0 radical (unpaired) electrons. The zero-order valence-electron chi connectivity index (χ0n) is 22.7. The van der Waals surface area contributed by atoms with E-state index < -0.39 is 0 Å². The molecule has 4 aromatic carbocycles. The highest BCUT2D eigenvalue weighted by Crippen LogP contribution is 2.46. The molecule has 0 atom stereocenters. The topological polar surface area (TPSA) is 80.6 Å². The monoisotopic (exact) mass is 530 g/mol. The number of carbonyl (C=O) groups excluding carboxylic acids is 2. The molecular weight excluding hydrogens is 500 g/mol. The summed E-state index contributed by atoms with van der Waals surface area (Å²) in [6.07, 6.45) is 1.77. The molecule has 1 heterocycles. The molecule has 2 amide bonds. The van der Waals surface area contributed by atoms with Crippen molar-refractivity contribution in [3.8, 4) is 28.2 Å². The summed E-state index contributed by atoms with van der Waals surface area (Å²) in [6.45, 7) is 2.02. The predicted molar refractivity (Wildman–Crippen MR) is 157 cm³/mol. The summed E-state index contributed by atoms with van der Waals surface area (Å²) >= 11 is 0. The van der Waals surface area contributed by atoms with Gasteiger partial charge in [0.25, 0.3) is 11.8 Å². The Balaban J connectivity index is 1.33. The second-order valence-electron chi connectivity index (χ2n) is 10.3. The number of rotatable bonds is 7. The van der Waals surface area contributed by atoms with Crippen LogP contribution >= 0.6 is 0 Å². The van der Waals surface area contributed by atoms with Gasteiger partial charge in [-0.05, 0) is 72.9 Å². The maximum absolute atomic E-state index is 13.4. The molecular formula is C34H30N2O4. The van der Waals surface area contributed by atoms with Crippen LogP contribution in [0.1, 0.15) is 44.7 Å². The molecule has 5 aromatic rings. The molecule has 1 saturated carbocycles. The van der Waals surface area contributed by atoms with Crippen LogP contribution in [0, 0.1) is 6.92 Å². The third-order valence-electron chi connectivity index (χ3n) is 7.64. The Morgan fingerprint density at radius 3 is 2.27 bits per heavy atom. The van der Waals surface area contributed by atoms with Gasteiger partial charge in [0.2, 0.25) is 0 Å². The molecule has 1 aliphatic rings. The van der Waals surface area contributed by atoms with Gasteiger partial charge >= 0.3 is 0 Å².